The Balaban J connectivity index is 0.00000122. The van der Waals surface area contributed by atoms with Gasteiger partial charge in [0.15, 0.2) is 0 Å². The Bertz CT molecular complexity index is 1130. The summed E-state index contributed by atoms with van der Waals surface area (Å²) in [6, 6.07) is 0. The summed E-state index contributed by atoms with van der Waals surface area (Å²) in [6.45, 7) is 9.31. The first kappa shape index (κ1) is 42.2. The first-order valence-corrected chi connectivity index (χ1v) is 18.0. The van der Waals surface area contributed by atoms with Gasteiger partial charge in [0.1, 0.15) is 0 Å². The van der Waals surface area contributed by atoms with Gasteiger partial charge >= 0.3 is 59.1 Å². The fraction of sp³-hybridized carbons (Fsp3) is 0.964. The van der Waals surface area contributed by atoms with Crippen LogP contribution in [0.25, 0.3) is 0 Å². The molecule has 4 N–H and O–H groups in total. The molecule has 11 atom stereocenters. The molecule has 0 aromatic heterocycles. The van der Waals surface area contributed by atoms with Gasteiger partial charge in [-0.25, -0.2) is 0 Å². The summed E-state index contributed by atoms with van der Waals surface area (Å²) in [5.41, 5.74) is 0.369. The van der Waals surface area contributed by atoms with Crippen LogP contribution in [0.1, 0.15) is 91.9 Å². The summed E-state index contributed by atoms with van der Waals surface area (Å²) >= 11 is 0. The van der Waals surface area contributed by atoms with E-state index in [2.05, 4.69) is 33.0 Å². The van der Waals surface area contributed by atoms with E-state index < -0.39 is 26.3 Å². The molecule has 0 radical (unpaired) electrons. The molecule has 0 heterocycles. The maximum atomic E-state index is 12.3. The minimum atomic E-state index is -5.17. The third-order valence-corrected chi connectivity index (χ3v) is 12.4. The molecule has 0 saturated heterocycles. The zero-order valence-corrected chi connectivity index (χ0v) is 32.3. The number of fused-ring (bicyclic) bond motifs is 5. The number of amides is 1. The van der Waals surface area contributed by atoms with Gasteiger partial charge in [0.25, 0.3) is 10.1 Å². The summed E-state index contributed by atoms with van der Waals surface area (Å²) in [5, 5.41) is 24.9. The van der Waals surface area contributed by atoms with Crippen LogP contribution in [0, 0.1) is 52.3 Å². The van der Waals surface area contributed by atoms with Crippen molar-refractivity contribution in [1.82, 2.24) is 5.32 Å². The van der Waals surface area contributed by atoms with Gasteiger partial charge in [-0.2, -0.15) is 8.42 Å². The summed E-state index contributed by atoms with van der Waals surface area (Å²) in [6.07, 6.45) is 8.95. The van der Waals surface area contributed by atoms with Crippen LogP contribution in [0.4, 0.5) is 0 Å². The number of carbonyl (C=O) groups excluding carboxylic acids is 1. The van der Waals surface area contributed by atoms with Gasteiger partial charge in [-0.1, -0.05) is 34.1 Å². The topological polar surface area (TPSA) is 204 Å². The second-order valence-corrected chi connectivity index (χ2v) is 16.1. The molecular formula is C28H49NNa2O10S2. The Morgan fingerprint density at radius 3 is 2.07 bits per heavy atom. The van der Waals surface area contributed by atoms with Crippen molar-refractivity contribution in [3.8, 4) is 0 Å². The van der Waals surface area contributed by atoms with Crippen molar-refractivity contribution in [2.24, 2.45) is 52.3 Å². The van der Waals surface area contributed by atoms with Crippen LogP contribution in [-0.2, 0) is 25.3 Å². The molecule has 0 unspecified atom stereocenters. The number of hydrogen-bond acceptors (Lipinski definition) is 9. The van der Waals surface area contributed by atoms with E-state index in [9.17, 15) is 23.4 Å². The average molecular weight is 670 g/mol. The summed E-state index contributed by atoms with van der Waals surface area (Å²) in [7, 11) is -9.23. The van der Waals surface area contributed by atoms with Gasteiger partial charge in [-0.3, -0.25) is 17.8 Å². The van der Waals surface area contributed by atoms with Crippen molar-refractivity contribution >= 4 is 26.4 Å². The minimum absolute atomic E-state index is 0. The number of rotatable bonds is 8. The molecule has 240 valence electrons. The molecule has 4 fully saturated rings. The third kappa shape index (κ3) is 10.3. The van der Waals surface area contributed by atoms with E-state index in [-0.39, 0.29) is 101 Å². The molecule has 0 spiro atoms. The Labute approximate surface area is 302 Å². The maximum Gasteiger partial charge on any atom is 1.00 e. The maximum absolute atomic E-state index is 12.3. The van der Waals surface area contributed by atoms with E-state index in [1.54, 1.807) is 0 Å². The van der Waals surface area contributed by atoms with Crippen LogP contribution in [0.5, 0.6) is 0 Å². The normalized spacial score (nSPS) is 39.3. The van der Waals surface area contributed by atoms with Crippen LogP contribution in [0.15, 0.2) is 0 Å². The molecule has 11 nitrogen and oxygen atoms in total. The predicted octanol–water partition coefficient (Wildman–Crippen LogP) is -3.30. The van der Waals surface area contributed by atoms with Gasteiger partial charge in [-0.05, 0) is 104 Å². The first-order valence-electron chi connectivity index (χ1n) is 15.1. The Morgan fingerprint density at radius 1 is 0.953 bits per heavy atom. The van der Waals surface area contributed by atoms with Gasteiger partial charge in [0, 0.05) is 23.4 Å². The second-order valence-electron chi connectivity index (χ2n) is 13.7. The molecule has 4 aliphatic rings. The zero-order chi connectivity index (χ0) is 31.0. The van der Waals surface area contributed by atoms with Crippen molar-refractivity contribution in [3.63, 3.8) is 0 Å². The van der Waals surface area contributed by atoms with Gasteiger partial charge in [-0.15, -0.1) is 0 Å². The molecule has 0 aliphatic heterocycles. The molecule has 4 aliphatic carbocycles. The van der Waals surface area contributed by atoms with E-state index in [0.717, 1.165) is 51.4 Å². The van der Waals surface area contributed by atoms with Crippen LogP contribution in [0.3, 0.4) is 0 Å². The fourth-order valence-corrected chi connectivity index (χ4v) is 10.3. The Hall–Kier alpha value is 1.17. The van der Waals surface area contributed by atoms with Gasteiger partial charge in [0.05, 0.1) is 18.0 Å². The second kappa shape index (κ2) is 16.5. The molecule has 0 aromatic rings. The van der Waals surface area contributed by atoms with Crippen molar-refractivity contribution < 1.29 is 105 Å². The van der Waals surface area contributed by atoms with E-state index >= 15 is 0 Å². The van der Waals surface area contributed by atoms with Gasteiger partial charge in [0.2, 0.25) is 5.91 Å². The van der Waals surface area contributed by atoms with Gasteiger partial charge < -0.3 is 24.6 Å². The molecule has 43 heavy (non-hydrogen) atoms. The SMILES string of the molecule is CC[C@H]1[C@@H](O)[C@@H]2[C@H](CC[C@]3(C)[C@@H]([C@H](C)CCC(=O)NCCS(=O)(=O)O)CC[C@@H]23)[C@@]2(C)CC[C@H](O)C[C@@H]12.O=S(=O)([O-])[O-].[Na+].[Na+]. The quantitative estimate of drug-likeness (QED) is 0.115. The van der Waals surface area contributed by atoms with E-state index in [1.165, 1.54) is 6.42 Å². The molecule has 4 saturated carbocycles. The Morgan fingerprint density at radius 2 is 1.51 bits per heavy atom. The van der Waals surface area contributed by atoms with Crippen LogP contribution >= 0.6 is 0 Å². The summed E-state index contributed by atoms with van der Waals surface area (Å²) in [5.74, 6) is 2.28. The largest absolute Gasteiger partial charge is 1.00 e. The number of nitrogens with one attached hydrogen (secondary N) is 1. The van der Waals surface area contributed by atoms with Crippen LogP contribution in [-0.4, -0.2) is 71.1 Å². The monoisotopic (exact) mass is 669 g/mol. The molecule has 1 amide bonds. The summed E-state index contributed by atoms with van der Waals surface area (Å²) in [4.78, 5) is 12.3. The van der Waals surface area contributed by atoms with E-state index in [0.29, 0.717) is 41.9 Å². The molecule has 15 heteroatoms. The van der Waals surface area contributed by atoms with Crippen LogP contribution in [0.2, 0.25) is 0 Å². The van der Waals surface area contributed by atoms with Crippen LogP contribution < -0.4 is 64.4 Å². The van der Waals surface area contributed by atoms with E-state index in [1.807, 2.05) is 0 Å². The number of aliphatic hydroxyl groups excluding tert-OH is 2. The Kier molecular flexibility index (Phi) is 16.2. The van der Waals surface area contributed by atoms with Crippen molar-refractivity contribution in [1.29, 1.82) is 0 Å². The minimum Gasteiger partial charge on any atom is -0.759 e. The molecule has 4 rings (SSSR count). The zero-order valence-electron chi connectivity index (χ0n) is 26.7. The fourth-order valence-electron chi connectivity index (χ4n) is 9.90. The molecule has 0 aromatic carbocycles. The number of aliphatic hydroxyl groups is 2. The number of hydrogen-bond donors (Lipinski definition) is 4. The third-order valence-electron chi connectivity index (χ3n) is 11.7. The average Bonchev–Trinajstić information content (AvgIpc) is 3.19. The summed E-state index contributed by atoms with van der Waals surface area (Å²) < 4.78 is 64.7. The molecule has 0 bridgehead atoms. The predicted molar refractivity (Wildman–Crippen MR) is 150 cm³/mol. The standard InChI is InChI=1S/C28H49NO6S.2Na.H2O4S/c1-5-19-23-16-18(30)10-12-28(23,4)22-11-13-27(3)20(7-8-21(27)25(22)26(19)32)17(2)6-9-24(31)29-14-15-36(33,34)35;;;1-5(2,3)4/h17-23,25-26,30,32H,5-16H2,1-4H3,(H,29,31)(H,33,34,35);;;(H2,1,2,3,4)/q;2*+1;/p-2/t17-,18+,19-,20-,21+,22+,23+,25+,26-,27-,28-;;;/m1.../s1. The number of carbonyl (C=O) groups is 1. The first-order chi connectivity index (χ1) is 18.8. The van der Waals surface area contributed by atoms with Crippen molar-refractivity contribution in [2.75, 3.05) is 12.3 Å². The molecular weight excluding hydrogens is 620 g/mol. The van der Waals surface area contributed by atoms with E-state index in [4.69, 9.17) is 22.1 Å². The van der Waals surface area contributed by atoms with Crippen molar-refractivity contribution in [2.45, 2.75) is 104 Å². The smallest absolute Gasteiger partial charge is 0.759 e. The van der Waals surface area contributed by atoms with Crippen molar-refractivity contribution in [3.05, 3.63) is 0 Å².